The normalized spacial score (nSPS) is 38.6. The van der Waals surface area contributed by atoms with Gasteiger partial charge in [0.05, 0.1) is 4.87 Å². The summed E-state index contributed by atoms with van der Waals surface area (Å²) in [6.45, 7) is 9.21. The number of benzene rings is 2. The lowest BCUT2D eigenvalue weighted by molar-refractivity contribution is -0.157. The van der Waals surface area contributed by atoms with Gasteiger partial charge in [-0.3, -0.25) is 4.79 Å². The van der Waals surface area contributed by atoms with Crippen LogP contribution in [0.5, 0.6) is 0 Å². The van der Waals surface area contributed by atoms with Gasteiger partial charge < -0.3 is 4.74 Å². The van der Waals surface area contributed by atoms with Gasteiger partial charge in [-0.1, -0.05) is 87.5 Å². The number of allylic oxidation sites excluding steroid dienone is 1. The highest BCUT2D eigenvalue weighted by atomic mass is 35.5. The van der Waals surface area contributed by atoms with Gasteiger partial charge in [-0.05, 0) is 115 Å². The molecule has 2 nitrogen and oxygen atoms in total. The number of halogens is 1. The topological polar surface area (TPSA) is 26.3 Å². The molecule has 9 atom stereocenters. The van der Waals surface area contributed by atoms with Crippen LogP contribution in [0, 0.1) is 40.4 Å². The Kier molecular flexibility index (Phi) is 7.94. The monoisotopic (exact) mass is 572 g/mol. The molecule has 4 aliphatic rings. The quantitative estimate of drug-likeness (QED) is 0.254. The maximum Gasteiger partial charge on any atom is 0.302 e. The second-order valence-corrected chi connectivity index (χ2v) is 15.3. The molecule has 0 saturated heterocycles. The summed E-state index contributed by atoms with van der Waals surface area (Å²) in [5.41, 5.74) is 4.55. The number of ether oxygens (including phenoxy) is 1. The molecule has 2 aromatic carbocycles. The minimum absolute atomic E-state index is 0.00934. The average molecular weight is 573 g/mol. The van der Waals surface area contributed by atoms with Crippen molar-refractivity contribution >= 4 is 23.1 Å². The third-order valence-corrected chi connectivity index (χ3v) is 13.4. The molecule has 0 radical (unpaired) electrons. The fourth-order valence-corrected chi connectivity index (χ4v) is 11.1. The van der Waals surface area contributed by atoms with Gasteiger partial charge in [0.2, 0.25) is 0 Å². The summed E-state index contributed by atoms with van der Waals surface area (Å²) in [5.74, 6) is 3.56. The Balaban J connectivity index is 1.19. The van der Waals surface area contributed by atoms with Crippen molar-refractivity contribution in [2.75, 3.05) is 0 Å². The van der Waals surface area contributed by atoms with E-state index in [9.17, 15) is 4.79 Å². The fraction of sp³-hybridized carbons (Fsp3) is 0.605. The van der Waals surface area contributed by atoms with Crippen LogP contribution in [-0.4, -0.2) is 16.9 Å². The summed E-state index contributed by atoms with van der Waals surface area (Å²) < 4.78 is 5.68. The van der Waals surface area contributed by atoms with Crippen LogP contribution >= 0.6 is 11.6 Å². The molecule has 3 heteroatoms. The van der Waals surface area contributed by atoms with Gasteiger partial charge in [0.15, 0.2) is 0 Å². The first kappa shape index (κ1) is 29.0. The van der Waals surface area contributed by atoms with Gasteiger partial charge in [0.1, 0.15) is 6.10 Å². The Morgan fingerprint density at radius 2 is 1.56 bits per heavy atom. The number of esters is 1. The SMILES string of the molecule is CC(=O)O[C@@H]1CC[C@]2(C)[C@@H]3CC[C@@]4(C)[C@H](CC[C@H]4[C@H](C)CC=C(c4ccccc4)c4ccccc4)[C@@H]3CC[C@@]2(Cl)C1. The summed E-state index contributed by atoms with van der Waals surface area (Å²) >= 11 is 7.55. The molecule has 4 fully saturated rings. The number of fused-ring (bicyclic) bond motifs is 5. The van der Waals surface area contributed by atoms with Crippen LogP contribution in [0.25, 0.3) is 5.57 Å². The van der Waals surface area contributed by atoms with Crippen molar-refractivity contribution in [1.29, 1.82) is 0 Å². The largest absolute Gasteiger partial charge is 0.462 e. The Morgan fingerprint density at radius 1 is 0.902 bits per heavy atom. The predicted octanol–water partition coefficient (Wildman–Crippen LogP) is 10.1. The minimum Gasteiger partial charge on any atom is -0.462 e. The zero-order valence-electron chi connectivity index (χ0n) is 25.6. The number of hydrogen-bond acceptors (Lipinski definition) is 2. The molecule has 4 saturated carbocycles. The van der Waals surface area contributed by atoms with Crippen molar-refractivity contribution in [3.63, 3.8) is 0 Å². The average Bonchev–Trinajstić information content (AvgIpc) is 3.32. The molecule has 2 aromatic rings. The molecule has 0 bridgehead atoms. The third kappa shape index (κ3) is 5.11. The number of carbonyl (C=O) groups is 1. The number of hydrogen-bond donors (Lipinski definition) is 0. The number of alkyl halides is 1. The molecule has 0 aliphatic heterocycles. The molecule has 0 aromatic heterocycles. The molecule has 0 N–H and O–H groups in total. The van der Waals surface area contributed by atoms with Crippen molar-refractivity contribution in [1.82, 2.24) is 0 Å². The Bertz CT molecular complexity index is 1210. The van der Waals surface area contributed by atoms with Crippen LogP contribution in [0.4, 0.5) is 0 Å². The summed E-state index contributed by atoms with van der Waals surface area (Å²) in [4.78, 5) is 11.5. The zero-order valence-corrected chi connectivity index (χ0v) is 26.3. The molecular weight excluding hydrogens is 524 g/mol. The summed E-state index contributed by atoms with van der Waals surface area (Å²) in [6.07, 6.45) is 14.2. The number of carbonyl (C=O) groups excluding carboxylic acids is 1. The highest BCUT2D eigenvalue weighted by Gasteiger charge is 2.64. The molecular formula is C38H49ClO2. The van der Waals surface area contributed by atoms with E-state index in [2.05, 4.69) is 87.5 Å². The minimum atomic E-state index is -0.234. The van der Waals surface area contributed by atoms with Crippen LogP contribution in [0.3, 0.4) is 0 Å². The third-order valence-electron chi connectivity index (χ3n) is 12.6. The fourth-order valence-electron chi connectivity index (χ4n) is 10.6. The molecule has 4 aliphatic carbocycles. The summed E-state index contributed by atoms with van der Waals surface area (Å²) in [5, 5.41) is 0. The second kappa shape index (κ2) is 11.2. The molecule has 41 heavy (non-hydrogen) atoms. The van der Waals surface area contributed by atoms with E-state index in [1.54, 1.807) is 0 Å². The Hall–Kier alpha value is -2.06. The van der Waals surface area contributed by atoms with Gasteiger partial charge in [-0.15, -0.1) is 11.6 Å². The van der Waals surface area contributed by atoms with Gasteiger partial charge in [0.25, 0.3) is 0 Å². The van der Waals surface area contributed by atoms with Crippen LogP contribution in [0.15, 0.2) is 66.7 Å². The first-order valence-corrected chi connectivity index (χ1v) is 16.7. The molecule has 0 heterocycles. The first-order chi connectivity index (χ1) is 19.6. The van der Waals surface area contributed by atoms with Crippen molar-refractivity contribution in [3.05, 3.63) is 77.9 Å². The lowest BCUT2D eigenvalue weighted by atomic mass is 9.44. The van der Waals surface area contributed by atoms with Crippen LogP contribution in [0.2, 0.25) is 0 Å². The van der Waals surface area contributed by atoms with Crippen LogP contribution in [0.1, 0.15) is 103 Å². The molecule has 0 spiro atoms. The van der Waals surface area contributed by atoms with Gasteiger partial charge >= 0.3 is 5.97 Å². The van der Waals surface area contributed by atoms with Gasteiger partial charge in [-0.25, -0.2) is 0 Å². The predicted molar refractivity (Wildman–Crippen MR) is 170 cm³/mol. The lowest BCUT2D eigenvalue weighted by Gasteiger charge is -2.64. The summed E-state index contributed by atoms with van der Waals surface area (Å²) in [7, 11) is 0. The molecule has 220 valence electrons. The van der Waals surface area contributed by atoms with Crippen molar-refractivity contribution in [2.24, 2.45) is 40.4 Å². The zero-order chi connectivity index (χ0) is 28.8. The van der Waals surface area contributed by atoms with Crippen LogP contribution < -0.4 is 0 Å². The smallest absolute Gasteiger partial charge is 0.302 e. The van der Waals surface area contributed by atoms with E-state index in [0.29, 0.717) is 17.3 Å². The Labute approximate surface area is 253 Å². The van der Waals surface area contributed by atoms with Gasteiger partial charge in [-0.2, -0.15) is 0 Å². The van der Waals surface area contributed by atoms with E-state index in [-0.39, 0.29) is 22.4 Å². The highest BCUT2D eigenvalue weighted by molar-refractivity contribution is 6.24. The van der Waals surface area contributed by atoms with E-state index in [1.165, 1.54) is 55.7 Å². The van der Waals surface area contributed by atoms with E-state index in [0.717, 1.165) is 49.9 Å². The standard InChI is InChI=1S/C38H49ClO2/c1-26(15-16-31(28-11-7-5-8-12-28)29-13-9-6-10-14-29)33-17-18-34-32-20-24-38(39)25-30(41-27(2)40)19-23-37(38,4)35(32)21-22-36(33,34)3/h5-14,16,26,30,32-35H,15,17-25H2,1-4H3/t26-,30-,32+,33+,34-,35-,36-,37-,38-/m1/s1. The highest BCUT2D eigenvalue weighted by Crippen LogP contribution is 2.70. The Morgan fingerprint density at radius 3 is 2.20 bits per heavy atom. The van der Waals surface area contributed by atoms with Gasteiger partial charge in [0, 0.05) is 13.3 Å². The molecule has 6 rings (SSSR count). The molecule has 0 unspecified atom stereocenters. The van der Waals surface area contributed by atoms with Crippen molar-refractivity contribution < 1.29 is 9.53 Å². The summed E-state index contributed by atoms with van der Waals surface area (Å²) in [6, 6.07) is 21.8. The van der Waals surface area contributed by atoms with E-state index in [4.69, 9.17) is 16.3 Å². The second-order valence-electron chi connectivity index (χ2n) is 14.6. The van der Waals surface area contributed by atoms with Crippen LogP contribution in [-0.2, 0) is 9.53 Å². The van der Waals surface area contributed by atoms with E-state index < -0.39 is 0 Å². The van der Waals surface area contributed by atoms with Crippen molar-refractivity contribution in [3.8, 4) is 0 Å². The lowest BCUT2D eigenvalue weighted by Crippen LogP contribution is -2.60. The van der Waals surface area contributed by atoms with E-state index >= 15 is 0 Å². The molecule has 0 amide bonds. The van der Waals surface area contributed by atoms with Crippen molar-refractivity contribution in [2.45, 2.75) is 103 Å². The maximum absolute atomic E-state index is 11.7. The first-order valence-electron chi connectivity index (χ1n) is 16.3. The maximum atomic E-state index is 11.7. The van der Waals surface area contributed by atoms with E-state index in [1.807, 2.05) is 0 Å². The number of rotatable bonds is 6.